The number of carbonyl (C=O) groups is 1. The molecule has 0 bridgehead atoms. The first-order valence-electron chi connectivity index (χ1n) is 10.1. The van der Waals surface area contributed by atoms with Crippen molar-refractivity contribution in [3.8, 4) is 0 Å². The molecule has 2 aliphatic rings. The third kappa shape index (κ3) is 4.49. The van der Waals surface area contributed by atoms with Crippen molar-refractivity contribution in [3.05, 3.63) is 29.8 Å². The molecule has 3 rings (SSSR count). The Hall–Kier alpha value is -1.67. The molecule has 0 spiro atoms. The van der Waals surface area contributed by atoms with Gasteiger partial charge in [-0.1, -0.05) is 12.1 Å². The second kappa shape index (κ2) is 9.69. The van der Waals surface area contributed by atoms with Crippen LogP contribution in [0.2, 0.25) is 0 Å². The summed E-state index contributed by atoms with van der Waals surface area (Å²) in [6.07, 6.45) is 1.21. The Morgan fingerprint density at radius 3 is 2.75 bits per heavy atom. The van der Waals surface area contributed by atoms with Crippen LogP contribution in [0, 0.1) is 5.41 Å². The molecule has 2 saturated heterocycles. The zero-order valence-corrected chi connectivity index (χ0v) is 16.7. The van der Waals surface area contributed by atoms with Gasteiger partial charge in [0.15, 0.2) is 0 Å². The van der Waals surface area contributed by atoms with Crippen molar-refractivity contribution in [1.29, 1.82) is 0 Å². The third-order valence-electron chi connectivity index (χ3n) is 6.00. The summed E-state index contributed by atoms with van der Waals surface area (Å²) in [5.74, 6) is -0.0430. The van der Waals surface area contributed by atoms with E-state index in [0.717, 1.165) is 25.2 Å². The van der Waals surface area contributed by atoms with Crippen LogP contribution in [-0.2, 0) is 9.47 Å². The van der Waals surface area contributed by atoms with Gasteiger partial charge in [0.1, 0.15) is 0 Å². The lowest BCUT2D eigenvalue weighted by Crippen LogP contribution is -2.55. The highest BCUT2D eigenvalue weighted by Crippen LogP contribution is 2.36. The molecule has 2 aliphatic heterocycles. The first kappa shape index (κ1) is 21.0. The van der Waals surface area contributed by atoms with E-state index in [9.17, 15) is 15.0 Å². The minimum absolute atomic E-state index is 0.0430. The first-order chi connectivity index (χ1) is 13.6. The highest BCUT2D eigenvalue weighted by molar-refractivity contribution is 6.00. The first-order valence-corrected chi connectivity index (χ1v) is 10.1. The largest absolute Gasteiger partial charge is 0.396 e. The highest BCUT2D eigenvalue weighted by atomic mass is 16.5. The number of likely N-dealkylation sites (tertiary alicyclic amines) is 1. The molecule has 1 amide bonds. The lowest BCUT2D eigenvalue weighted by atomic mass is 9.74. The van der Waals surface area contributed by atoms with Gasteiger partial charge in [-0.15, -0.1) is 0 Å². The number of piperidine rings is 1. The van der Waals surface area contributed by atoms with Crippen LogP contribution < -0.4 is 4.90 Å². The molecule has 28 heavy (non-hydrogen) atoms. The van der Waals surface area contributed by atoms with Gasteiger partial charge >= 0.3 is 0 Å². The van der Waals surface area contributed by atoms with Crippen LogP contribution in [0.25, 0.3) is 0 Å². The van der Waals surface area contributed by atoms with Crippen molar-refractivity contribution in [2.75, 3.05) is 64.6 Å². The van der Waals surface area contributed by atoms with Crippen LogP contribution in [0.5, 0.6) is 0 Å². The van der Waals surface area contributed by atoms with E-state index in [2.05, 4.69) is 4.90 Å². The molecule has 0 saturated carbocycles. The Labute approximate surface area is 166 Å². The number of rotatable bonds is 7. The number of hydrogen-bond donors (Lipinski definition) is 2. The number of para-hydroxylation sites is 1. The third-order valence-corrected chi connectivity index (χ3v) is 6.00. The lowest BCUT2D eigenvalue weighted by molar-refractivity contribution is -0.0745. The number of nitrogens with zero attached hydrogens (tertiary/aromatic N) is 2. The van der Waals surface area contributed by atoms with Crippen LogP contribution in [0.1, 0.15) is 29.6 Å². The van der Waals surface area contributed by atoms with Gasteiger partial charge in [-0.05, 0) is 31.4 Å². The van der Waals surface area contributed by atoms with Gasteiger partial charge in [-0.25, -0.2) is 0 Å². The van der Waals surface area contributed by atoms with Gasteiger partial charge < -0.3 is 29.5 Å². The number of hydrogen-bond acceptors (Lipinski definition) is 6. The van der Waals surface area contributed by atoms with Crippen LogP contribution in [0.15, 0.2) is 24.3 Å². The maximum Gasteiger partial charge on any atom is 0.255 e. The maximum absolute atomic E-state index is 13.4. The Bertz CT molecular complexity index is 649. The average Bonchev–Trinajstić information content (AvgIpc) is 2.75. The normalized spacial score (nSPS) is 25.8. The van der Waals surface area contributed by atoms with E-state index in [-0.39, 0.29) is 12.5 Å². The Kier molecular flexibility index (Phi) is 7.29. The van der Waals surface area contributed by atoms with E-state index in [4.69, 9.17) is 9.47 Å². The molecule has 2 heterocycles. The second-order valence-electron chi connectivity index (χ2n) is 7.76. The SMILES string of the molecule is COCCC[C@@]1(CO)CN(C(=O)c2ccccc2N2CCOCC2)CC[C@H]1O. The number of methoxy groups -OCH3 is 1. The molecule has 0 aliphatic carbocycles. The van der Waals surface area contributed by atoms with E-state index in [1.807, 2.05) is 24.3 Å². The van der Waals surface area contributed by atoms with Gasteiger partial charge in [0.2, 0.25) is 0 Å². The topological polar surface area (TPSA) is 82.5 Å². The van der Waals surface area contributed by atoms with Crippen molar-refractivity contribution in [2.45, 2.75) is 25.4 Å². The number of aliphatic hydroxyl groups is 2. The number of carbonyl (C=O) groups excluding carboxylic acids is 1. The second-order valence-corrected chi connectivity index (χ2v) is 7.76. The molecule has 2 atom stereocenters. The summed E-state index contributed by atoms with van der Waals surface area (Å²) < 4.78 is 10.6. The number of benzene rings is 1. The number of aliphatic hydroxyl groups excluding tert-OH is 2. The molecule has 1 aromatic rings. The van der Waals surface area contributed by atoms with Crippen molar-refractivity contribution < 1.29 is 24.5 Å². The molecule has 7 heteroatoms. The zero-order valence-electron chi connectivity index (χ0n) is 16.7. The van der Waals surface area contributed by atoms with Crippen LogP contribution in [-0.4, -0.2) is 86.8 Å². The molecule has 7 nitrogen and oxygen atoms in total. The fraction of sp³-hybridized carbons (Fsp3) is 0.667. The van der Waals surface area contributed by atoms with Crippen molar-refractivity contribution >= 4 is 11.6 Å². The molecule has 2 fully saturated rings. The molecule has 0 unspecified atom stereocenters. The van der Waals surface area contributed by atoms with Crippen LogP contribution >= 0.6 is 0 Å². The summed E-state index contributed by atoms with van der Waals surface area (Å²) >= 11 is 0. The average molecular weight is 392 g/mol. The maximum atomic E-state index is 13.4. The molecular weight excluding hydrogens is 360 g/mol. The summed E-state index contributed by atoms with van der Waals surface area (Å²) in [4.78, 5) is 17.4. The Morgan fingerprint density at radius 2 is 2.04 bits per heavy atom. The van der Waals surface area contributed by atoms with Gasteiger partial charge in [0, 0.05) is 51.0 Å². The predicted molar refractivity (Wildman–Crippen MR) is 107 cm³/mol. The monoisotopic (exact) mass is 392 g/mol. The highest BCUT2D eigenvalue weighted by Gasteiger charge is 2.43. The fourth-order valence-corrected chi connectivity index (χ4v) is 4.28. The van der Waals surface area contributed by atoms with E-state index in [1.54, 1.807) is 12.0 Å². The summed E-state index contributed by atoms with van der Waals surface area (Å²) in [5, 5.41) is 20.7. The molecule has 2 N–H and O–H groups in total. The standard InChI is InChI=1S/C21H32N2O5/c1-27-12-4-8-21(16-24)15-23(9-7-19(21)25)20(26)17-5-2-3-6-18(17)22-10-13-28-14-11-22/h2-3,5-6,19,24-25H,4,7-16H2,1H3/t19-,21+/m1/s1. The number of morpholine rings is 1. The molecule has 0 radical (unpaired) electrons. The Morgan fingerprint density at radius 1 is 1.29 bits per heavy atom. The van der Waals surface area contributed by atoms with Gasteiger partial charge in [0.25, 0.3) is 5.91 Å². The van der Waals surface area contributed by atoms with Crippen molar-refractivity contribution in [2.24, 2.45) is 5.41 Å². The van der Waals surface area contributed by atoms with Crippen LogP contribution in [0.3, 0.4) is 0 Å². The van der Waals surface area contributed by atoms with E-state index in [1.165, 1.54) is 0 Å². The molecular formula is C21H32N2O5. The van der Waals surface area contributed by atoms with Gasteiger partial charge in [-0.3, -0.25) is 4.79 Å². The predicted octanol–water partition coefficient (Wildman–Crippen LogP) is 1.14. The van der Waals surface area contributed by atoms with Gasteiger partial charge in [-0.2, -0.15) is 0 Å². The fourth-order valence-electron chi connectivity index (χ4n) is 4.28. The van der Waals surface area contributed by atoms with E-state index in [0.29, 0.717) is 51.3 Å². The van der Waals surface area contributed by atoms with Crippen LogP contribution in [0.4, 0.5) is 5.69 Å². The summed E-state index contributed by atoms with van der Waals surface area (Å²) in [6, 6.07) is 7.68. The lowest BCUT2D eigenvalue weighted by Gasteiger charge is -2.45. The minimum Gasteiger partial charge on any atom is -0.396 e. The molecule has 1 aromatic carbocycles. The number of ether oxygens (including phenoxy) is 2. The smallest absolute Gasteiger partial charge is 0.255 e. The molecule has 156 valence electrons. The quantitative estimate of drug-likeness (QED) is 0.677. The van der Waals surface area contributed by atoms with Gasteiger partial charge in [0.05, 0.1) is 31.5 Å². The van der Waals surface area contributed by atoms with E-state index >= 15 is 0 Å². The Balaban J connectivity index is 1.78. The number of anilines is 1. The zero-order chi connectivity index (χ0) is 20.0. The number of amides is 1. The minimum atomic E-state index is -0.694. The summed E-state index contributed by atoms with van der Waals surface area (Å²) in [7, 11) is 1.64. The molecule has 0 aromatic heterocycles. The summed E-state index contributed by atoms with van der Waals surface area (Å²) in [6.45, 7) is 4.11. The summed E-state index contributed by atoms with van der Waals surface area (Å²) in [5.41, 5.74) is 0.904. The van der Waals surface area contributed by atoms with E-state index < -0.39 is 11.5 Å². The van der Waals surface area contributed by atoms with Crippen molar-refractivity contribution in [3.63, 3.8) is 0 Å². The van der Waals surface area contributed by atoms with Crippen molar-refractivity contribution in [1.82, 2.24) is 4.90 Å².